The second kappa shape index (κ2) is 7.57. The van der Waals surface area contributed by atoms with E-state index >= 15 is 0 Å². The largest absolute Gasteiger partial charge is 0.465 e. The highest BCUT2D eigenvalue weighted by atomic mass is 16.5. The van der Waals surface area contributed by atoms with E-state index < -0.39 is 17.9 Å². The molecule has 1 atom stereocenters. The fraction of sp³-hybridized carbons (Fsp3) is 0.300. The van der Waals surface area contributed by atoms with Crippen LogP contribution in [0.5, 0.6) is 0 Å². The van der Waals surface area contributed by atoms with Gasteiger partial charge in [-0.15, -0.1) is 0 Å². The van der Waals surface area contributed by atoms with Gasteiger partial charge in [0.05, 0.1) is 41.2 Å². The van der Waals surface area contributed by atoms with E-state index in [1.165, 1.54) is 6.07 Å². The molecular formula is C20H19NO6. The predicted octanol–water partition coefficient (Wildman–Crippen LogP) is 3.18. The predicted molar refractivity (Wildman–Crippen MR) is 98.8 cm³/mol. The smallest absolute Gasteiger partial charge is 0.340 e. The summed E-state index contributed by atoms with van der Waals surface area (Å²) >= 11 is 0. The summed E-state index contributed by atoms with van der Waals surface area (Å²) < 4.78 is 15.8. The molecule has 0 bridgehead atoms. The summed E-state index contributed by atoms with van der Waals surface area (Å²) in [7, 11) is 0. The number of fused-ring (bicyclic) bond motifs is 2. The van der Waals surface area contributed by atoms with Crippen molar-refractivity contribution in [3.8, 4) is 0 Å². The quantitative estimate of drug-likeness (QED) is 0.503. The van der Waals surface area contributed by atoms with Crippen molar-refractivity contribution >= 4 is 34.0 Å². The van der Waals surface area contributed by atoms with Gasteiger partial charge in [-0.1, -0.05) is 12.1 Å². The highest BCUT2D eigenvalue weighted by Crippen LogP contribution is 2.25. The number of esters is 2. The average Bonchev–Trinajstić information content (AvgIpc) is 2.67. The van der Waals surface area contributed by atoms with Crippen molar-refractivity contribution in [3.05, 3.63) is 51.8 Å². The highest BCUT2D eigenvalue weighted by molar-refractivity contribution is 5.98. The van der Waals surface area contributed by atoms with Crippen molar-refractivity contribution < 1.29 is 23.5 Å². The Labute approximate surface area is 154 Å². The number of hydrogen-bond donors (Lipinski definition) is 0. The molecule has 0 spiro atoms. The molecule has 7 heteroatoms. The van der Waals surface area contributed by atoms with Gasteiger partial charge in [0.1, 0.15) is 5.58 Å². The lowest BCUT2D eigenvalue weighted by molar-refractivity contribution is -0.144. The molecule has 3 aromatic rings. The Bertz CT molecular complexity index is 1080. The van der Waals surface area contributed by atoms with E-state index in [9.17, 15) is 14.4 Å². The molecule has 0 saturated carbocycles. The first-order chi connectivity index (χ1) is 13.0. The lowest BCUT2D eigenvalue weighted by atomic mass is 10.0. The fourth-order valence-corrected chi connectivity index (χ4v) is 2.82. The fourth-order valence-electron chi connectivity index (χ4n) is 2.82. The van der Waals surface area contributed by atoms with E-state index in [0.717, 1.165) is 0 Å². The van der Waals surface area contributed by atoms with E-state index in [1.807, 2.05) is 0 Å². The van der Waals surface area contributed by atoms with Crippen LogP contribution in [0, 0.1) is 0 Å². The molecule has 2 heterocycles. The van der Waals surface area contributed by atoms with Crippen LogP contribution < -0.4 is 5.43 Å². The summed E-state index contributed by atoms with van der Waals surface area (Å²) in [6.45, 7) is 5.29. The molecule has 0 aliphatic carbocycles. The number of aromatic nitrogens is 1. The SMILES string of the molecule is CCOC(=O)c1cc2c(=O)c3ccccc3oc2nc1C(C)C(=O)OCC. The lowest BCUT2D eigenvalue weighted by Gasteiger charge is -2.14. The van der Waals surface area contributed by atoms with Crippen LogP contribution in [0.4, 0.5) is 0 Å². The second-order valence-electron chi connectivity index (χ2n) is 5.90. The highest BCUT2D eigenvalue weighted by Gasteiger charge is 2.27. The molecule has 0 saturated heterocycles. The first-order valence-electron chi connectivity index (χ1n) is 8.68. The molecule has 0 N–H and O–H groups in total. The van der Waals surface area contributed by atoms with Crippen LogP contribution in [0.3, 0.4) is 0 Å². The summed E-state index contributed by atoms with van der Waals surface area (Å²) in [5.74, 6) is -2.02. The number of nitrogens with zero attached hydrogens (tertiary/aromatic N) is 1. The third-order valence-electron chi connectivity index (χ3n) is 4.15. The molecular weight excluding hydrogens is 350 g/mol. The maximum atomic E-state index is 12.8. The lowest BCUT2D eigenvalue weighted by Crippen LogP contribution is -2.20. The standard InChI is InChI=1S/C20H19NO6/c1-4-25-19(23)11(3)16-13(20(24)26-5-2)10-14-17(22)12-8-6-7-9-15(12)27-18(14)21-16/h6-11H,4-5H2,1-3H3. The van der Waals surface area contributed by atoms with Crippen molar-refractivity contribution in [1.82, 2.24) is 4.98 Å². The molecule has 0 radical (unpaired) electrons. The van der Waals surface area contributed by atoms with Gasteiger partial charge in [-0.3, -0.25) is 9.59 Å². The Hall–Kier alpha value is -3.22. The molecule has 27 heavy (non-hydrogen) atoms. The maximum absolute atomic E-state index is 12.8. The third-order valence-corrected chi connectivity index (χ3v) is 4.15. The van der Waals surface area contributed by atoms with Crippen molar-refractivity contribution in [3.63, 3.8) is 0 Å². The first-order valence-corrected chi connectivity index (χ1v) is 8.68. The van der Waals surface area contributed by atoms with Crippen LogP contribution in [0.15, 0.2) is 39.5 Å². The molecule has 140 valence electrons. The van der Waals surface area contributed by atoms with Crippen LogP contribution in [0.2, 0.25) is 0 Å². The minimum absolute atomic E-state index is 0.0486. The van der Waals surface area contributed by atoms with Gasteiger partial charge < -0.3 is 13.9 Å². The van der Waals surface area contributed by atoms with E-state index in [-0.39, 0.29) is 41.0 Å². The number of carbonyl (C=O) groups excluding carboxylic acids is 2. The molecule has 0 aliphatic rings. The normalized spacial score (nSPS) is 12.1. The number of rotatable bonds is 5. The molecule has 0 amide bonds. The van der Waals surface area contributed by atoms with E-state index in [0.29, 0.717) is 11.0 Å². The molecule has 2 aromatic heterocycles. The number of carbonyl (C=O) groups is 2. The van der Waals surface area contributed by atoms with Gasteiger partial charge >= 0.3 is 11.9 Å². The topological polar surface area (TPSA) is 95.7 Å². The van der Waals surface area contributed by atoms with Gasteiger partial charge in [-0.05, 0) is 39.0 Å². The van der Waals surface area contributed by atoms with Crippen molar-refractivity contribution in [2.24, 2.45) is 0 Å². The monoisotopic (exact) mass is 369 g/mol. The summed E-state index contributed by atoms with van der Waals surface area (Å²) in [5, 5.41) is 0.532. The first kappa shape index (κ1) is 18.6. The van der Waals surface area contributed by atoms with Crippen LogP contribution in [-0.4, -0.2) is 30.1 Å². The molecule has 7 nitrogen and oxygen atoms in total. The summed E-state index contributed by atoms with van der Waals surface area (Å²) in [6, 6.07) is 8.14. The van der Waals surface area contributed by atoms with E-state index in [1.54, 1.807) is 45.0 Å². The van der Waals surface area contributed by atoms with Crippen molar-refractivity contribution in [2.45, 2.75) is 26.7 Å². The van der Waals surface area contributed by atoms with Gasteiger partial charge in [0.25, 0.3) is 0 Å². The Balaban J connectivity index is 2.30. The molecule has 1 unspecified atom stereocenters. The minimum atomic E-state index is -0.828. The average molecular weight is 369 g/mol. The van der Waals surface area contributed by atoms with Gasteiger partial charge in [0.2, 0.25) is 11.1 Å². The van der Waals surface area contributed by atoms with Gasteiger partial charge in [0.15, 0.2) is 0 Å². The number of para-hydroxylation sites is 1. The van der Waals surface area contributed by atoms with E-state index in [2.05, 4.69) is 4.98 Å². The molecule has 0 aliphatic heterocycles. The van der Waals surface area contributed by atoms with Crippen LogP contribution >= 0.6 is 0 Å². The van der Waals surface area contributed by atoms with Gasteiger partial charge in [-0.25, -0.2) is 9.78 Å². The Morgan fingerprint density at radius 3 is 2.52 bits per heavy atom. The Morgan fingerprint density at radius 1 is 1.11 bits per heavy atom. The number of ether oxygens (including phenoxy) is 2. The summed E-state index contributed by atoms with van der Waals surface area (Å²) in [5.41, 5.74) is 0.324. The number of pyridine rings is 1. The van der Waals surface area contributed by atoms with Crippen LogP contribution in [-0.2, 0) is 14.3 Å². The summed E-state index contributed by atoms with van der Waals surface area (Å²) in [6.07, 6.45) is 0. The second-order valence-corrected chi connectivity index (χ2v) is 5.90. The van der Waals surface area contributed by atoms with Gasteiger partial charge in [-0.2, -0.15) is 0 Å². The Morgan fingerprint density at radius 2 is 1.81 bits per heavy atom. The zero-order valence-electron chi connectivity index (χ0n) is 15.3. The van der Waals surface area contributed by atoms with Gasteiger partial charge in [0, 0.05) is 0 Å². The van der Waals surface area contributed by atoms with Crippen molar-refractivity contribution in [1.29, 1.82) is 0 Å². The van der Waals surface area contributed by atoms with Crippen LogP contribution in [0.1, 0.15) is 42.7 Å². The molecule has 3 rings (SSSR count). The number of benzene rings is 1. The van der Waals surface area contributed by atoms with Crippen molar-refractivity contribution in [2.75, 3.05) is 13.2 Å². The number of hydrogen-bond acceptors (Lipinski definition) is 7. The zero-order chi connectivity index (χ0) is 19.6. The molecule has 1 aromatic carbocycles. The molecule has 0 fully saturated rings. The van der Waals surface area contributed by atoms with E-state index in [4.69, 9.17) is 13.9 Å². The minimum Gasteiger partial charge on any atom is -0.465 e. The zero-order valence-corrected chi connectivity index (χ0v) is 15.3. The maximum Gasteiger partial charge on any atom is 0.340 e. The Kier molecular flexibility index (Phi) is 5.21. The third kappa shape index (κ3) is 3.40. The summed E-state index contributed by atoms with van der Waals surface area (Å²) in [4.78, 5) is 41.7. The van der Waals surface area contributed by atoms with Crippen LogP contribution in [0.25, 0.3) is 22.1 Å².